The molecular weight excluding hydrogens is 368 g/mol. The average Bonchev–Trinajstić information content (AvgIpc) is 3.07. The zero-order valence-corrected chi connectivity index (χ0v) is 17.8. The number of aliphatic imine (C=N–C) groups is 1. The molecule has 3 rings (SSSR count). The zero-order chi connectivity index (χ0) is 20.6. The molecule has 1 aromatic heterocycles. The van der Waals surface area contributed by atoms with Crippen molar-refractivity contribution in [1.82, 2.24) is 34.8 Å². The third kappa shape index (κ3) is 5.79. The SMILES string of the molecule is C=CCNC(=NCc1nnc(C)n1C)N1CCN(CC(=O)N2CCCCC2)CC1. The summed E-state index contributed by atoms with van der Waals surface area (Å²) in [5.74, 6) is 2.84. The molecule has 2 aliphatic heterocycles. The molecule has 3 heterocycles. The predicted molar refractivity (Wildman–Crippen MR) is 114 cm³/mol. The maximum Gasteiger partial charge on any atom is 0.236 e. The van der Waals surface area contributed by atoms with Gasteiger partial charge in [0.05, 0.1) is 6.54 Å². The molecule has 0 aliphatic carbocycles. The lowest BCUT2D eigenvalue weighted by molar-refractivity contribution is -0.133. The van der Waals surface area contributed by atoms with E-state index in [0.29, 0.717) is 19.6 Å². The molecule has 1 N–H and O–H groups in total. The van der Waals surface area contributed by atoms with Gasteiger partial charge in [-0.15, -0.1) is 16.8 Å². The third-order valence-corrected chi connectivity index (χ3v) is 5.70. The maximum atomic E-state index is 12.5. The molecule has 0 radical (unpaired) electrons. The van der Waals surface area contributed by atoms with E-state index in [0.717, 1.165) is 69.7 Å². The van der Waals surface area contributed by atoms with E-state index in [4.69, 9.17) is 4.99 Å². The van der Waals surface area contributed by atoms with E-state index in [1.807, 2.05) is 29.5 Å². The number of nitrogens with zero attached hydrogens (tertiary/aromatic N) is 7. The van der Waals surface area contributed by atoms with E-state index in [1.54, 1.807) is 0 Å². The molecule has 0 atom stereocenters. The first-order valence-electron chi connectivity index (χ1n) is 10.6. The number of rotatable bonds is 6. The lowest BCUT2D eigenvalue weighted by Gasteiger charge is -2.37. The van der Waals surface area contributed by atoms with Crippen LogP contribution in [0.1, 0.15) is 30.9 Å². The fourth-order valence-corrected chi connectivity index (χ4v) is 3.72. The van der Waals surface area contributed by atoms with Gasteiger partial charge in [0.1, 0.15) is 12.4 Å². The number of aromatic nitrogens is 3. The quantitative estimate of drug-likeness (QED) is 0.421. The molecule has 0 unspecified atom stereocenters. The first kappa shape index (κ1) is 21.3. The first-order valence-corrected chi connectivity index (χ1v) is 10.6. The Morgan fingerprint density at radius 2 is 1.83 bits per heavy atom. The summed E-state index contributed by atoms with van der Waals surface area (Å²) in [4.78, 5) is 23.8. The van der Waals surface area contributed by atoms with Gasteiger partial charge in [-0.3, -0.25) is 9.69 Å². The minimum Gasteiger partial charge on any atom is -0.353 e. The Morgan fingerprint density at radius 1 is 1.10 bits per heavy atom. The molecule has 0 saturated carbocycles. The van der Waals surface area contributed by atoms with E-state index in [2.05, 4.69) is 31.9 Å². The van der Waals surface area contributed by atoms with Gasteiger partial charge in [0.25, 0.3) is 0 Å². The summed E-state index contributed by atoms with van der Waals surface area (Å²) in [7, 11) is 1.95. The Kier molecular flexibility index (Phi) is 7.62. The number of guanidine groups is 1. The van der Waals surface area contributed by atoms with E-state index < -0.39 is 0 Å². The van der Waals surface area contributed by atoms with Crippen LogP contribution in [0.25, 0.3) is 0 Å². The Labute approximate surface area is 173 Å². The number of piperidine rings is 1. The minimum atomic E-state index is 0.273. The van der Waals surface area contributed by atoms with Crippen molar-refractivity contribution in [3.05, 3.63) is 24.3 Å². The Balaban J connectivity index is 1.53. The maximum absolute atomic E-state index is 12.5. The van der Waals surface area contributed by atoms with Gasteiger partial charge in [-0.05, 0) is 26.2 Å². The number of likely N-dealkylation sites (tertiary alicyclic amines) is 1. The number of hydrogen-bond donors (Lipinski definition) is 1. The Bertz CT molecular complexity index is 714. The van der Waals surface area contributed by atoms with Crippen LogP contribution in [-0.2, 0) is 18.4 Å². The summed E-state index contributed by atoms with van der Waals surface area (Å²) in [6.45, 7) is 12.6. The number of aryl methyl sites for hydroxylation is 1. The second-order valence-electron chi connectivity index (χ2n) is 7.74. The number of carbonyl (C=O) groups excluding carboxylic acids is 1. The van der Waals surface area contributed by atoms with E-state index in [1.165, 1.54) is 6.42 Å². The molecule has 160 valence electrons. The summed E-state index contributed by atoms with van der Waals surface area (Å²) >= 11 is 0. The van der Waals surface area contributed by atoms with Crippen molar-refractivity contribution in [2.45, 2.75) is 32.7 Å². The van der Waals surface area contributed by atoms with Crippen LogP contribution in [0.2, 0.25) is 0 Å². The second-order valence-corrected chi connectivity index (χ2v) is 7.74. The van der Waals surface area contributed by atoms with Crippen LogP contribution in [-0.4, -0.2) is 93.7 Å². The average molecular weight is 403 g/mol. The van der Waals surface area contributed by atoms with E-state index in [9.17, 15) is 4.79 Å². The van der Waals surface area contributed by atoms with Crippen molar-refractivity contribution < 1.29 is 4.79 Å². The highest BCUT2D eigenvalue weighted by molar-refractivity contribution is 5.80. The van der Waals surface area contributed by atoms with Gasteiger partial charge in [0.15, 0.2) is 11.8 Å². The van der Waals surface area contributed by atoms with Gasteiger partial charge < -0.3 is 19.7 Å². The molecule has 9 nitrogen and oxygen atoms in total. The number of carbonyl (C=O) groups is 1. The number of amides is 1. The van der Waals surface area contributed by atoms with Crippen LogP contribution in [0.5, 0.6) is 0 Å². The first-order chi connectivity index (χ1) is 14.1. The molecule has 0 spiro atoms. The van der Waals surface area contributed by atoms with E-state index in [-0.39, 0.29) is 5.91 Å². The lowest BCUT2D eigenvalue weighted by Crippen LogP contribution is -2.54. The minimum absolute atomic E-state index is 0.273. The van der Waals surface area contributed by atoms with Crippen LogP contribution in [0.15, 0.2) is 17.6 Å². The fraction of sp³-hybridized carbons (Fsp3) is 0.700. The van der Waals surface area contributed by atoms with Crippen molar-refractivity contribution in [2.24, 2.45) is 12.0 Å². The third-order valence-electron chi connectivity index (χ3n) is 5.70. The topological polar surface area (TPSA) is 81.9 Å². The molecule has 0 bridgehead atoms. The molecule has 2 fully saturated rings. The van der Waals surface area contributed by atoms with Crippen molar-refractivity contribution in [3.63, 3.8) is 0 Å². The number of nitrogens with one attached hydrogen (secondary N) is 1. The van der Waals surface area contributed by atoms with Crippen molar-refractivity contribution in [3.8, 4) is 0 Å². The van der Waals surface area contributed by atoms with Crippen LogP contribution in [0.3, 0.4) is 0 Å². The molecule has 29 heavy (non-hydrogen) atoms. The zero-order valence-electron chi connectivity index (χ0n) is 17.8. The van der Waals surface area contributed by atoms with Crippen LogP contribution < -0.4 is 5.32 Å². The van der Waals surface area contributed by atoms with Gasteiger partial charge in [-0.25, -0.2) is 4.99 Å². The molecule has 9 heteroatoms. The van der Waals surface area contributed by atoms with Crippen molar-refractivity contribution in [1.29, 1.82) is 0 Å². The highest BCUT2D eigenvalue weighted by atomic mass is 16.2. The summed E-state index contributed by atoms with van der Waals surface area (Å²) in [6, 6.07) is 0. The van der Waals surface area contributed by atoms with E-state index >= 15 is 0 Å². The molecule has 2 saturated heterocycles. The molecule has 2 aliphatic rings. The largest absolute Gasteiger partial charge is 0.353 e. The van der Waals surface area contributed by atoms with Crippen LogP contribution in [0.4, 0.5) is 0 Å². The molecule has 0 aromatic carbocycles. The smallest absolute Gasteiger partial charge is 0.236 e. The second kappa shape index (κ2) is 10.4. The number of hydrogen-bond acceptors (Lipinski definition) is 5. The highest BCUT2D eigenvalue weighted by Crippen LogP contribution is 2.10. The van der Waals surface area contributed by atoms with Crippen LogP contribution in [0, 0.1) is 6.92 Å². The van der Waals surface area contributed by atoms with Gasteiger partial charge in [0.2, 0.25) is 5.91 Å². The van der Waals surface area contributed by atoms with Gasteiger partial charge in [-0.1, -0.05) is 6.08 Å². The van der Waals surface area contributed by atoms with Gasteiger partial charge >= 0.3 is 0 Å². The normalized spacial score (nSPS) is 18.8. The Hall–Kier alpha value is -2.42. The summed E-state index contributed by atoms with van der Waals surface area (Å²) in [5, 5.41) is 11.6. The number of piperazine rings is 1. The molecular formula is C20H34N8O. The van der Waals surface area contributed by atoms with Gasteiger partial charge in [0, 0.05) is 52.9 Å². The van der Waals surface area contributed by atoms with Gasteiger partial charge in [-0.2, -0.15) is 0 Å². The molecule has 1 amide bonds. The summed E-state index contributed by atoms with van der Waals surface area (Å²) in [5.41, 5.74) is 0. The lowest BCUT2D eigenvalue weighted by atomic mass is 10.1. The van der Waals surface area contributed by atoms with Crippen molar-refractivity contribution in [2.75, 3.05) is 52.4 Å². The Morgan fingerprint density at radius 3 is 2.45 bits per heavy atom. The molecule has 1 aromatic rings. The monoisotopic (exact) mass is 402 g/mol. The highest BCUT2D eigenvalue weighted by Gasteiger charge is 2.24. The summed E-state index contributed by atoms with van der Waals surface area (Å²) < 4.78 is 1.96. The summed E-state index contributed by atoms with van der Waals surface area (Å²) in [6.07, 6.45) is 5.35. The van der Waals surface area contributed by atoms with Crippen LogP contribution >= 0.6 is 0 Å². The standard InChI is InChI=1S/C20H34N8O/c1-4-8-21-20(22-15-18-24-23-17(2)25(18)3)28-13-11-26(12-14-28)16-19(29)27-9-6-5-7-10-27/h4H,1,5-16H2,2-3H3,(H,21,22). The predicted octanol–water partition coefficient (Wildman–Crippen LogP) is 0.385. The van der Waals surface area contributed by atoms with Crippen molar-refractivity contribution >= 4 is 11.9 Å². The fourth-order valence-electron chi connectivity index (χ4n) is 3.72.